The molecule has 0 amide bonds. The van der Waals surface area contributed by atoms with E-state index >= 15 is 0 Å². The molecule has 162 valence electrons. The Morgan fingerprint density at radius 3 is 1.32 bits per heavy atom. The quantitative estimate of drug-likeness (QED) is 0.196. The minimum Gasteiger partial charge on any atom is -0.334 e. The predicted molar refractivity (Wildman–Crippen MR) is 147 cm³/mol. The fourth-order valence-corrected chi connectivity index (χ4v) is 8.19. The minimum absolute atomic E-state index is 0.916. The Morgan fingerprint density at radius 1 is 0.382 bits per heavy atom. The van der Waals surface area contributed by atoms with E-state index in [4.69, 9.17) is 4.52 Å². The smallest absolute Gasteiger partial charge is 0.287 e. The number of benzene rings is 6. The molecule has 0 unspecified atom stereocenters. The van der Waals surface area contributed by atoms with Crippen molar-refractivity contribution in [1.82, 2.24) is 0 Å². The summed E-state index contributed by atoms with van der Waals surface area (Å²) in [4.78, 5) is 0. The van der Waals surface area contributed by atoms with Crippen LogP contribution in [0, 0.1) is 0 Å². The van der Waals surface area contributed by atoms with Gasteiger partial charge in [0.1, 0.15) is 15.9 Å². The first-order valence-corrected chi connectivity index (χ1v) is 13.2. The van der Waals surface area contributed by atoms with Crippen molar-refractivity contribution in [3.63, 3.8) is 0 Å². The van der Waals surface area contributed by atoms with Gasteiger partial charge in [-0.25, -0.2) is 0 Å². The zero-order valence-corrected chi connectivity index (χ0v) is 19.6. The van der Waals surface area contributed by atoms with Crippen molar-refractivity contribution in [3.8, 4) is 5.75 Å². The average molecular weight is 456 g/mol. The first-order valence-electron chi connectivity index (χ1n) is 11.5. The SMILES string of the molecule is c1ccc([P+](Oc2cc3ccccc3c3ccccc23)(c2ccccc2)c2ccccc2)cc1. The lowest BCUT2D eigenvalue weighted by molar-refractivity contribution is 0.628. The molecule has 0 saturated heterocycles. The third kappa shape index (κ3) is 3.46. The summed E-state index contributed by atoms with van der Waals surface area (Å²) in [5, 5.41) is 8.37. The molecule has 0 N–H and O–H groups in total. The second kappa shape index (κ2) is 8.78. The number of hydrogen-bond acceptors (Lipinski definition) is 1. The van der Waals surface area contributed by atoms with Crippen molar-refractivity contribution in [1.29, 1.82) is 0 Å². The molecule has 0 aliphatic rings. The highest BCUT2D eigenvalue weighted by Gasteiger charge is 2.49. The molecule has 0 radical (unpaired) electrons. The first-order chi connectivity index (χ1) is 16.9. The average Bonchev–Trinajstić information content (AvgIpc) is 2.93. The molecule has 0 spiro atoms. The maximum absolute atomic E-state index is 7.39. The van der Waals surface area contributed by atoms with Gasteiger partial charge in [-0.05, 0) is 58.6 Å². The van der Waals surface area contributed by atoms with Crippen molar-refractivity contribution in [2.45, 2.75) is 0 Å². The fraction of sp³-hybridized carbons (Fsp3) is 0. The van der Waals surface area contributed by atoms with Gasteiger partial charge in [0.25, 0.3) is 7.49 Å². The third-order valence-electron chi connectivity index (χ3n) is 6.32. The Bertz CT molecular complexity index is 1460. The highest BCUT2D eigenvalue weighted by molar-refractivity contribution is 7.92. The summed E-state index contributed by atoms with van der Waals surface area (Å²) < 4.78 is 7.39. The lowest BCUT2D eigenvalue weighted by Gasteiger charge is -2.27. The molecule has 2 heteroatoms. The molecule has 6 aromatic rings. The molecule has 34 heavy (non-hydrogen) atoms. The summed E-state index contributed by atoms with van der Waals surface area (Å²) in [6, 6.07) is 51.4. The molecule has 0 aromatic heterocycles. The molecule has 6 rings (SSSR count). The van der Waals surface area contributed by atoms with Crippen LogP contribution in [0.1, 0.15) is 0 Å². The summed E-state index contributed by atoms with van der Waals surface area (Å²) >= 11 is 0. The summed E-state index contributed by atoms with van der Waals surface area (Å²) in [7, 11) is -2.46. The highest BCUT2D eigenvalue weighted by Crippen LogP contribution is 2.57. The zero-order valence-electron chi connectivity index (χ0n) is 18.7. The van der Waals surface area contributed by atoms with Crippen LogP contribution in [0.25, 0.3) is 21.5 Å². The molecule has 0 saturated carbocycles. The Kier molecular flexibility index (Phi) is 5.34. The molecule has 0 aliphatic carbocycles. The number of fused-ring (bicyclic) bond motifs is 3. The highest BCUT2D eigenvalue weighted by atomic mass is 31.2. The van der Waals surface area contributed by atoms with Crippen LogP contribution in [-0.2, 0) is 0 Å². The topological polar surface area (TPSA) is 9.23 Å². The lowest BCUT2D eigenvalue weighted by atomic mass is 10.0. The van der Waals surface area contributed by atoms with Gasteiger partial charge < -0.3 is 4.52 Å². The molecular formula is C32H24OP+. The van der Waals surface area contributed by atoms with Crippen molar-refractivity contribution in [3.05, 3.63) is 146 Å². The van der Waals surface area contributed by atoms with Crippen LogP contribution in [0.3, 0.4) is 0 Å². The fourth-order valence-electron chi connectivity index (χ4n) is 4.76. The van der Waals surface area contributed by atoms with Gasteiger partial charge in [0.2, 0.25) is 0 Å². The van der Waals surface area contributed by atoms with Gasteiger partial charge in [-0.15, -0.1) is 0 Å². The van der Waals surface area contributed by atoms with E-state index in [-0.39, 0.29) is 0 Å². The Labute approximate surface area is 200 Å². The van der Waals surface area contributed by atoms with Crippen molar-refractivity contribution < 1.29 is 4.52 Å². The van der Waals surface area contributed by atoms with Gasteiger partial charge in [-0.3, -0.25) is 0 Å². The predicted octanol–water partition coefficient (Wildman–Crippen LogP) is 7.28. The van der Waals surface area contributed by atoms with E-state index in [0.29, 0.717) is 0 Å². The second-order valence-electron chi connectivity index (χ2n) is 8.35. The summed E-state index contributed by atoms with van der Waals surface area (Å²) in [5.74, 6) is 0.916. The first kappa shape index (κ1) is 20.7. The van der Waals surface area contributed by atoms with Gasteiger partial charge in [0.15, 0.2) is 5.75 Å². The maximum atomic E-state index is 7.39. The third-order valence-corrected chi connectivity index (χ3v) is 9.87. The van der Waals surface area contributed by atoms with E-state index in [1.165, 1.54) is 32.1 Å². The monoisotopic (exact) mass is 455 g/mol. The van der Waals surface area contributed by atoms with E-state index in [1.54, 1.807) is 0 Å². The van der Waals surface area contributed by atoms with E-state index < -0.39 is 7.49 Å². The van der Waals surface area contributed by atoms with Crippen molar-refractivity contribution in [2.24, 2.45) is 0 Å². The van der Waals surface area contributed by atoms with Crippen LogP contribution in [0.2, 0.25) is 0 Å². The normalized spacial score (nSPS) is 11.5. The van der Waals surface area contributed by atoms with Gasteiger partial charge >= 0.3 is 0 Å². The molecular weight excluding hydrogens is 431 g/mol. The maximum Gasteiger partial charge on any atom is 0.287 e. The largest absolute Gasteiger partial charge is 0.334 e. The Hall–Kier alpha value is -3.93. The van der Waals surface area contributed by atoms with Crippen molar-refractivity contribution in [2.75, 3.05) is 0 Å². The van der Waals surface area contributed by atoms with Crippen LogP contribution in [0.4, 0.5) is 0 Å². The summed E-state index contributed by atoms with van der Waals surface area (Å²) in [6.45, 7) is 0. The van der Waals surface area contributed by atoms with Crippen LogP contribution >= 0.6 is 7.49 Å². The lowest BCUT2D eigenvalue weighted by Crippen LogP contribution is -2.34. The standard InChI is InChI=1S/C32H24OP/c1-4-15-26(16-5-1)34(27-17-6-2-7-18-27,28-19-8-3-9-20-28)33-32-24-25-14-10-11-21-29(25)30-22-12-13-23-31(30)32/h1-24H/q+1. The molecule has 0 atom stereocenters. The minimum atomic E-state index is -2.46. The van der Waals surface area contributed by atoms with E-state index in [9.17, 15) is 0 Å². The van der Waals surface area contributed by atoms with Gasteiger partial charge in [-0.1, -0.05) is 103 Å². The van der Waals surface area contributed by atoms with Gasteiger partial charge in [0, 0.05) is 5.39 Å². The van der Waals surface area contributed by atoms with E-state index in [0.717, 1.165) is 11.1 Å². The molecule has 6 aromatic carbocycles. The second-order valence-corrected chi connectivity index (χ2v) is 11.3. The van der Waals surface area contributed by atoms with Crippen LogP contribution in [-0.4, -0.2) is 0 Å². The number of rotatable bonds is 5. The molecule has 1 nitrogen and oxygen atoms in total. The summed E-state index contributed by atoms with van der Waals surface area (Å²) in [5.41, 5.74) is 0. The Morgan fingerprint density at radius 2 is 0.794 bits per heavy atom. The molecule has 0 fully saturated rings. The Balaban J connectivity index is 1.69. The van der Waals surface area contributed by atoms with Gasteiger partial charge in [-0.2, -0.15) is 0 Å². The molecule has 0 heterocycles. The zero-order chi connectivity index (χ0) is 22.8. The molecule has 0 aliphatic heterocycles. The van der Waals surface area contributed by atoms with Crippen LogP contribution in [0.15, 0.2) is 146 Å². The van der Waals surface area contributed by atoms with Crippen molar-refractivity contribution >= 4 is 44.9 Å². The van der Waals surface area contributed by atoms with E-state index in [1.807, 2.05) is 0 Å². The van der Waals surface area contributed by atoms with Crippen LogP contribution in [0.5, 0.6) is 5.75 Å². The summed E-state index contributed by atoms with van der Waals surface area (Å²) in [6.07, 6.45) is 0. The van der Waals surface area contributed by atoms with Crippen LogP contribution < -0.4 is 20.4 Å². The molecule has 0 bridgehead atoms. The van der Waals surface area contributed by atoms with Gasteiger partial charge in [0.05, 0.1) is 0 Å². The number of hydrogen-bond donors (Lipinski definition) is 0. The van der Waals surface area contributed by atoms with E-state index in [2.05, 4.69) is 146 Å².